The third kappa shape index (κ3) is 6.11. The van der Waals surface area contributed by atoms with Gasteiger partial charge in [-0.2, -0.15) is 0 Å². The zero-order valence-corrected chi connectivity index (χ0v) is 19.5. The van der Waals surface area contributed by atoms with E-state index >= 15 is 0 Å². The van der Waals surface area contributed by atoms with E-state index in [1.54, 1.807) is 37.8 Å². The van der Waals surface area contributed by atoms with Gasteiger partial charge in [0.2, 0.25) is 5.91 Å². The molecule has 2 atom stereocenters. The average molecular weight is 454 g/mol. The van der Waals surface area contributed by atoms with Crippen molar-refractivity contribution >= 4 is 29.2 Å². The fourth-order valence-electron chi connectivity index (χ4n) is 3.86. The fourth-order valence-corrected chi connectivity index (χ4v) is 4.13. The summed E-state index contributed by atoms with van der Waals surface area (Å²) >= 11 is 6.33. The molecule has 2 heterocycles. The van der Waals surface area contributed by atoms with Gasteiger partial charge in [0.25, 0.3) is 0 Å². The van der Waals surface area contributed by atoms with Crippen LogP contribution in [0.25, 0.3) is 0 Å². The summed E-state index contributed by atoms with van der Waals surface area (Å²) in [6, 6.07) is 3.56. The lowest BCUT2D eigenvalue weighted by Gasteiger charge is -2.29. The van der Waals surface area contributed by atoms with Crippen molar-refractivity contribution in [2.45, 2.75) is 64.8 Å². The number of fused-ring (bicyclic) bond motifs is 1. The van der Waals surface area contributed by atoms with E-state index in [0.29, 0.717) is 42.5 Å². The summed E-state index contributed by atoms with van der Waals surface area (Å²) in [5.74, 6) is -1.22. The summed E-state index contributed by atoms with van der Waals surface area (Å²) < 4.78 is 22.4. The van der Waals surface area contributed by atoms with Gasteiger partial charge in [-0.05, 0) is 64.5 Å². The van der Waals surface area contributed by atoms with E-state index in [4.69, 9.17) is 30.5 Å². The number of benzene rings is 1. The molecule has 1 amide bonds. The molecule has 1 saturated heterocycles. The van der Waals surface area contributed by atoms with E-state index in [9.17, 15) is 9.59 Å². The quantitative estimate of drug-likeness (QED) is 0.476. The number of hydrogen-bond acceptors (Lipinski definition) is 6. The molecule has 2 aliphatic heterocycles. The van der Waals surface area contributed by atoms with E-state index < -0.39 is 17.5 Å². The second-order valence-electron chi connectivity index (χ2n) is 8.90. The number of methoxy groups -OCH3 is 1. The minimum absolute atomic E-state index is 0.253. The topological polar surface area (TPSA) is 74.3 Å². The summed E-state index contributed by atoms with van der Waals surface area (Å²) in [5, 5.41) is 0.469. The zero-order chi connectivity index (χ0) is 22.6. The average Bonchev–Trinajstić information content (AvgIpc) is 2.83. The van der Waals surface area contributed by atoms with Crippen LogP contribution in [-0.2, 0) is 30.2 Å². The van der Waals surface area contributed by atoms with Crippen LogP contribution in [0.15, 0.2) is 12.1 Å². The number of aryl methyl sites for hydroxylation is 1. The number of esters is 1. The Bertz CT molecular complexity index is 800. The molecule has 0 saturated carbocycles. The van der Waals surface area contributed by atoms with E-state index in [2.05, 4.69) is 0 Å². The van der Waals surface area contributed by atoms with Crippen molar-refractivity contribution < 1.29 is 28.5 Å². The van der Waals surface area contributed by atoms with Crippen LogP contribution in [0, 0.1) is 5.92 Å². The number of amides is 1. The van der Waals surface area contributed by atoms with Crippen molar-refractivity contribution in [1.82, 2.24) is 0 Å². The van der Waals surface area contributed by atoms with Crippen molar-refractivity contribution in [3.63, 3.8) is 0 Å². The fraction of sp³-hybridized carbons (Fsp3) is 0.652. The molecule has 172 valence electrons. The monoisotopic (exact) mass is 453 g/mol. The molecule has 0 bridgehead atoms. The summed E-state index contributed by atoms with van der Waals surface area (Å²) in [6.45, 7) is 6.65. The van der Waals surface area contributed by atoms with Gasteiger partial charge < -0.3 is 23.8 Å². The summed E-state index contributed by atoms with van der Waals surface area (Å²) in [4.78, 5) is 27.9. The molecule has 0 spiro atoms. The maximum atomic E-state index is 13.5. The Balaban J connectivity index is 1.84. The van der Waals surface area contributed by atoms with Crippen LogP contribution in [0.5, 0.6) is 5.75 Å². The van der Waals surface area contributed by atoms with Crippen molar-refractivity contribution in [3.8, 4) is 5.75 Å². The van der Waals surface area contributed by atoms with Crippen LogP contribution in [0.1, 0.15) is 52.0 Å². The zero-order valence-electron chi connectivity index (χ0n) is 18.7. The highest BCUT2D eigenvalue weighted by molar-refractivity contribution is 6.32. The first-order chi connectivity index (χ1) is 14.7. The minimum Gasteiger partial charge on any atom is -0.495 e. The first kappa shape index (κ1) is 23.8. The predicted octanol–water partition coefficient (Wildman–Crippen LogP) is 4.13. The number of ether oxygens (including phenoxy) is 4. The van der Waals surface area contributed by atoms with E-state index in [0.717, 1.165) is 24.8 Å². The lowest BCUT2D eigenvalue weighted by Crippen LogP contribution is -2.43. The molecule has 0 N–H and O–H groups in total. The molecule has 1 aromatic carbocycles. The third-order valence-corrected chi connectivity index (χ3v) is 5.65. The second-order valence-corrected chi connectivity index (χ2v) is 9.30. The first-order valence-electron chi connectivity index (χ1n) is 10.8. The van der Waals surface area contributed by atoms with E-state index in [-0.39, 0.29) is 18.7 Å². The minimum atomic E-state index is -0.887. The highest BCUT2D eigenvalue weighted by Gasteiger charge is 2.38. The lowest BCUT2D eigenvalue weighted by molar-refractivity contribution is -0.164. The number of rotatable bonds is 6. The second kappa shape index (κ2) is 10.2. The Labute approximate surface area is 188 Å². The lowest BCUT2D eigenvalue weighted by atomic mass is 10.00. The maximum Gasteiger partial charge on any atom is 0.319 e. The van der Waals surface area contributed by atoms with Crippen LogP contribution in [0.4, 0.5) is 5.69 Å². The van der Waals surface area contributed by atoms with Gasteiger partial charge in [0.15, 0.2) is 6.29 Å². The standard InChI is InChI=1S/C23H32ClNO6/c1-23(2,3)31-22(27)16-9-8-15-13-17(24)19(28-4)14-18(15)25(21(16)26)10-12-30-20-7-5-6-11-29-20/h13-14,16,20H,5-12H2,1-4H3. The molecule has 7 nitrogen and oxygen atoms in total. The van der Waals surface area contributed by atoms with Gasteiger partial charge in [-0.25, -0.2) is 0 Å². The first-order valence-corrected chi connectivity index (χ1v) is 11.2. The van der Waals surface area contributed by atoms with Gasteiger partial charge in [-0.15, -0.1) is 0 Å². The molecule has 1 aromatic rings. The van der Waals surface area contributed by atoms with Crippen LogP contribution >= 0.6 is 11.6 Å². The van der Waals surface area contributed by atoms with Crippen LogP contribution in [0.2, 0.25) is 5.02 Å². The van der Waals surface area contributed by atoms with Crippen molar-refractivity contribution in [2.75, 3.05) is 31.8 Å². The third-order valence-electron chi connectivity index (χ3n) is 5.36. The molecule has 2 aliphatic rings. The van der Waals surface area contributed by atoms with Gasteiger partial charge in [-0.3, -0.25) is 9.59 Å². The molecule has 1 fully saturated rings. The van der Waals surface area contributed by atoms with E-state index in [1.165, 1.54) is 7.11 Å². The number of hydrogen-bond donors (Lipinski definition) is 0. The largest absolute Gasteiger partial charge is 0.495 e. The molecule has 3 rings (SSSR count). The Morgan fingerprint density at radius 1 is 1.26 bits per heavy atom. The van der Waals surface area contributed by atoms with E-state index in [1.807, 2.05) is 0 Å². The molecular weight excluding hydrogens is 422 g/mol. The maximum absolute atomic E-state index is 13.5. The Morgan fingerprint density at radius 2 is 2.03 bits per heavy atom. The smallest absolute Gasteiger partial charge is 0.319 e. The molecule has 0 aromatic heterocycles. The van der Waals surface area contributed by atoms with Crippen molar-refractivity contribution in [1.29, 1.82) is 0 Å². The molecule has 0 aliphatic carbocycles. The number of carbonyl (C=O) groups is 2. The molecule has 31 heavy (non-hydrogen) atoms. The highest BCUT2D eigenvalue weighted by atomic mass is 35.5. The number of nitrogens with zero attached hydrogens (tertiary/aromatic N) is 1. The number of halogens is 1. The Hall–Kier alpha value is -1.83. The molecule has 0 radical (unpaired) electrons. The summed E-state index contributed by atoms with van der Waals surface area (Å²) in [7, 11) is 1.53. The number of anilines is 1. The Morgan fingerprint density at radius 3 is 2.68 bits per heavy atom. The van der Waals surface area contributed by atoms with Gasteiger partial charge in [-0.1, -0.05) is 11.6 Å². The van der Waals surface area contributed by atoms with Crippen LogP contribution < -0.4 is 9.64 Å². The van der Waals surface area contributed by atoms with Gasteiger partial charge in [0.05, 0.1) is 24.4 Å². The predicted molar refractivity (Wildman–Crippen MR) is 118 cm³/mol. The summed E-state index contributed by atoms with van der Waals surface area (Å²) in [6.07, 6.45) is 3.57. The Kier molecular flexibility index (Phi) is 7.83. The van der Waals surface area contributed by atoms with Gasteiger partial charge in [0, 0.05) is 19.2 Å². The summed E-state index contributed by atoms with van der Waals surface area (Å²) in [5.41, 5.74) is 0.902. The van der Waals surface area contributed by atoms with Gasteiger partial charge >= 0.3 is 5.97 Å². The highest BCUT2D eigenvalue weighted by Crippen LogP contribution is 2.37. The SMILES string of the molecule is COc1cc2c(cc1Cl)CCC(C(=O)OC(C)(C)C)C(=O)N2CCOC1CCCCO1. The van der Waals surface area contributed by atoms with Crippen LogP contribution in [0.3, 0.4) is 0 Å². The van der Waals surface area contributed by atoms with Gasteiger partial charge in [0.1, 0.15) is 17.3 Å². The normalized spacial score (nSPS) is 22.0. The van der Waals surface area contributed by atoms with Crippen LogP contribution in [-0.4, -0.2) is 50.6 Å². The number of carbonyl (C=O) groups excluding carboxylic acids is 2. The molecule has 2 unspecified atom stereocenters. The van der Waals surface area contributed by atoms with Crippen molar-refractivity contribution in [3.05, 3.63) is 22.7 Å². The molecule has 8 heteroatoms. The molecular formula is C23H32ClNO6. The van der Waals surface area contributed by atoms with Crippen molar-refractivity contribution in [2.24, 2.45) is 5.92 Å².